The third-order valence-corrected chi connectivity index (χ3v) is 6.25. The molecule has 27 heavy (non-hydrogen) atoms. The summed E-state index contributed by atoms with van der Waals surface area (Å²) >= 11 is 7.36. The van der Waals surface area contributed by atoms with Crippen molar-refractivity contribution in [2.75, 3.05) is 5.32 Å². The van der Waals surface area contributed by atoms with Crippen LogP contribution < -0.4 is 5.32 Å². The number of pyridine rings is 1. The van der Waals surface area contributed by atoms with E-state index in [0.29, 0.717) is 27.7 Å². The first-order valence-electron chi connectivity index (χ1n) is 9.26. The van der Waals surface area contributed by atoms with E-state index in [-0.39, 0.29) is 11.2 Å². The summed E-state index contributed by atoms with van der Waals surface area (Å²) in [5.74, 6) is -0.106. The lowest BCUT2D eigenvalue weighted by molar-refractivity contribution is -0.115. The van der Waals surface area contributed by atoms with Crippen molar-refractivity contribution in [2.45, 2.75) is 55.7 Å². The number of anilines is 1. The summed E-state index contributed by atoms with van der Waals surface area (Å²) in [6, 6.07) is 11.3. The Balaban J connectivity index is 1.80. The van der Waals surface area contributed by atoms with Crippen LogP contribution in [-0.2, 0) is 17.6 Å². The molecule has 2 aromatic rings. The van der Waals surface area contributed by atoms with E-state index in [4.69, 9.17) is 16.6 Å². The van der Waals surface area contributed by atoms with E-state index >= 15 is 0 Å². The van der Waals surface area contributed by atoms with E-state index in [1.165, 1.54) is 23.7 Å². The van der Waals surface area contributed by atoms with Crippen molar-refractivity contribution in [1.82, 2.24) is 4.98 Å². The zero-order valence-electron chi connectivity index (χ0n) is 15.3. The Morgan fingerprint density at radius 3 is 2.89 bits per heavy atom. The molecule has 1 heterocycles. The predicted molar refractivity (Wildman–Crippen MR) is 110 cm³/mol. The Labute approximate surface area is 169 Å². The number of amides is 1. The number of hydrogen-bond acceptors (Lipinski definition) is 4. The highest BCUT2D eigenvalue weighted by Crippen LogP contribution is 2.31. The van der Waals surface area contributed by atoms with Gasteiger partial charge in [-0.3, -0.25) is 4.79 Å². The van der Waals surface area contributed by atoms with Crippen molar-refractivity contribution in [2.24, 2.45) is 0 Å². The highest BCUT2D eigenvalue weighted by Gasteiger charge is 2.22. The number of nitriles is 1. The lowest BCUT2D eigenvalue weighted by atomic mass is 10.1. The summed E-state index contributed by atoms with van der Waals surface area (Å²) in [6.07, 6.45) is 6.03. The molecular weight excluding hydrogens is 378 g/mol. The van der Waals surface area contributed by atoms with E-state index in [1.807, 2.05) is 19.1 Å². The Bertz CT molecular complexity index is 878. The van der Waals surface area contributed by atoms with E-state index in [9.17, 15) is 10.1 Å². The number of aryl methyl sites for hydroxylation is 2. The van der Waals surface area contributed by atoms with E-state index in [0.717, 1.165) is 31.4 Å². The molecule has 1 aromatic carbocycles. The second-order valence-corrected chi connectivity index (χ2v) is 8.26. The number of nitrogens with one attached hydrogen (secondary N) is 1. The van der Waals surface area contributed by atoms with Crippen LogP contribution in [0.4, 0.5) is 5.69 Å². The van der Waals surface area contributed by atoms with Crippen molar-refractivity contribution in [3.63, 3.8) is 0 Å². The van der Waals surface area contributed by atoms with Crippen LogP contribution in [0.5, 0.6) is 0 Å². The maximum atomic E-state index is 12.7. The quantitative estimate of drug-likeness (QED) is 0.541. The fourth-order valence-electron chi connectivity index (χ4n) is 3.21. The van der Waals surface area contributed by atoms with Crippen LogP contribution in [0.15, 0.2) is 35.4 Å². The first-order valence-corrected chi connectivity index (χ1v) is 10.5. The normalized spacial score (nSPS) is 14.6. The van der Waals surface area contributed by atoms with E-state index < -0.39 is 0 Å². The largest absolute Gasteiger partial charge is 0.325 e. The number of carbonyl (C=O) groups is 1. The average Bonchev–Trinajstić information content (AvgIpc) is 2.89. The maximum absolute atomic E-state index is 12.7. The van der Waals surface area contributed by atoms with Gasteiger partial charge in [-0.1, -0.05) is 42.8 Å². The Morgan fingerprint density at radius 1 is 1.33 bits per heavy atom. The van der Waals surface area contributed by atoms with Gasteiger partial charge in [0.05, 0.1) is 10.8 Å². The molecule has 0 radical (unpaired) electrons. The van der Waals surface area contributed by atoms with Crippen LogP contribution >= 0.6 is 23.4 Å². The average molecular weight is 400 g/mol. The summed E-state index contributed by atoms with van der Waals surface area (Å²) in [4.78, 5) is 17.5. The molecule has 1 aliphatic rings. The molecule has 3 rings (SSSR count). The molecule has 0 saturated carbocycles. The van der Waals surface area contributed by atoms with Crippen molar-refractivity contribution in [3.8, 4) is 6.07 Å². The van der Waals surface area contributed by atoms with Crippen LogP contribution in [0.3, 0.4) is 0 Å². The minimum Gasteiger partial charge on any atom is -0.325 e. The van der Waals surface area contributed by atoms with Gasteiger partial charge in [0.2, 0.25) is 5.91 Å². The molecule has 1 atom stereocenters. The van der Waals surface area contributed by atoms with Crippen molar-refractivity contribution in [3.05, 3.63) is 52.2 Å². The topological polar surface area (TPSA) is 65.8 Å². The summed E-state index contributed by atoms with van der Waals surface area (Å²) in [6.45, 7) is 1.96. The molecule has 1 amide bonds. The first kappa shape index (κ1) is 19.7. The molecule has 1 N–H and O–H groups in total. The number of aromatic nitrogens is 1. The highest BCUT2D eigenvalue weighted by atomic mass is 35.5. The second-order valence-electron chi connectivity index (χ2n) is 6.63. The zero-order chi connectivity index (χ0) is 19.2. The summed E-state index contributed by atoms with van der Waals surface area (Å²) in [5.41, 5.74) is 3.50. The van der Waals surface area contributed by atoms with Crippen LogP contribution in [0.1, 0.15) is 49.4 Å². The summed E-state index contributed by atoms with van der Waals surface area (Å²) < 4.78 is 0. The van der Waals surface area contributed by atoms with Crippen LogP contribution in [0, 0.1) is 11.3 Å². The molecular formula is C21H22ClN3OS. The van der Waals surface area contributed by atoms with Gasteiger partial charge in [-0.05, 0) is 61.9 Å². The molecule has 4 nitrogen and oxygen atoms in total. The smallest absolute Gasteiger partial charge is 0.237 e. The van der Waals surface area contributed by atoms with Gasteiger partial charge in [0.25, 0.3) is 0 Å². The number of carbonyl (C=O) groups excluding carboxylic acids is 1. The van der Waals surface area contributed by atoms with Gasteiger partial charge in [-0.15, -0.1) is 0 Å². The number of halogens is 1. The van der Waals surface area contributed by atoms with Crippen molar-refractivity contribution in [1.29, 1.82) is 5.26 Å². The molecule has 1 aliphatic carbocycles. The standard InChI is InChI=1S/C21H22ClN3OS/c1-2-19(20(26)24-17-9-6-8-16(22)12-17)27-21-15(13-23)11-14-7-4-3-5-10-18(14)25-21/h6,8-9,11-12,19H,2-5,7,10H2,1H3,(H,24,26). The molecule has 0 fully saturated rings. The lowest BCUT2D eigenvalue weighted by Crippen LogP contribution is -2.25. The summed E-state index contributed by atoms with van der Waals surface area (Å²) in [5, 5.41) is 13.4. The number of fused-ring (bicyclic) bond motifs is 1. The monoisotopic (exact) mass is 399 g/mol. The minimum absolute atomic E-state index is 0.106. The van der Waals surface area contributed by atoms with Gasteiger partial charge in [0.15, 0.2) is 0 Å². The molecule has 140 valence electrons. The van der Waals surface area contributed by atoms with Crippen LogP contribution in [0.25, 0.3) is 0 Å². The first-order chi connectivity index (χ1) is 13.1. The molecule has 0 saturated heterocycles. The SMILES string of the molecule is CCC(Sc1nc2c(cc1C#N)CCCCC2)C(=O)Nc1cccc(Cl)c1. The fourth-order valence-corrected chi connectivity index (χ4v) is 4.39. The predicted octanol–water partition coefficient (Wildman–Crippen LogP) is 5.38. The Kier molecular flexibility index (Phi) is 6.76. The maximum Gasteiger partial charge on any atom is 0.237 e. The number of nitrogens with zero attached hydrogens (tertiary/aromatic N) is 2. The van der Waals surface area contributed by atoms with E-state index in [2.05, 4.69) is 11.4 Å². The van der Waals surface area contributed by atoms with Crippen LogP contribution in [0.2, 0.25) is 5.02 Å². The van der Waals surface area contributed by atoms with Gasteiger partial charge < -0.3 is 5.32 Å². The van der Waals surface area contributed by atoms with Crippen molar-refractivity contribution < 1.29 is 4.79 Å². The van der Waals surface area contributed by atoms with Gasteiger partial charge in [0.1, 0.15) is 11.1 Å². The van der Waals surface area contributed by atoms with E-state index in [1.54, 1.807) is 18.2 Å². The zero-order valence-corrected chi connectivity index (χ0v) is 16.9. The summed E-state index contributed by atoms with van der Waals surface area (Å²) in [7, 11) is 0. The third-order valence-electron chi connectivity index (χ3n) is 4.65. The third kappa shape index (κ3) is 5.03. The fraction of sp³-hybridized carbons (Fsp3) is 0.381. The van der Waals surface area contributed by atoms with Crippen LogP contribution in [-0.4, -0.2) is 16.1 Å². The minimum atomic E-state index is -0.326. The number of thioether (sulfide) groups is 1. The molecule has 0 spiro atoms. The number of rotatable bonds is 5. The molecule has 6 heteroatoms. The van der Waals surface area contributed by atoms with Gasteiger partial charge in [-0.2, -0.15) is 5.26 Å². The van der Waals surface area contributed by atoms with Crippen molar-refractivity contribution >= 4 is 35.0 Å². The number of hydrogen-bond donors (Lipinski definition) is 1. The van der Waals surface area contributed by atoms with Gasteiger partial charge in [-0.25, -0.2) is 4.98 Å². The second kappa shape index (κ2) is 9.25. The van der Waals surface area contributed by atoms with Gasteiger partial charge >= 0.3 is 0 Å². The molecule has 1 aromatic heterocycles. The molecule has 1 unspecified atom stereocenters. The molecule has 0 aliphatic heterocycles. The van der Waals surface area contributed by atoms with Gasteiger partial charge in [0, 0.05) is 16.4 Å². The number of benzene rings is 1. The Morgan fingerprint density at radius 2 is 2.15 bits per heavy atom. The lowest BCUT2D eigenvalue weighted by Gasteiger charge is -2.16. The molecule has 0 bridgehead atoms. The highest BCUT2D eigenvalue weighted by molar-refractivity contribution is 8.00. The Hall–Kier alpha value is -2.03.